The standard InChI is InChI=1S/C28H39N3O7S/c1-19(2)16-31(39(33,34)22-11-9-21(35-3)10-12-22)17-24(29)25(15-20-7-5-4-6-8-20)30-28(32)38-26-18-37-27-23(26)13-14-36-27/h4-12,19,23-27H,13-18,29H2,1-3H3,(H,30,32)/t23-,24+,25-,26-,27+/m0/s1. The molecule has 2 aliphatic heterocycles. The predicted molar refractivity (Wildman–Crippen MR) is 146 cm³/mol. The second-order valence-electron chi connectivity index (χ2n) is 10.5. The average Bonchev–Trinajstić information content (AvgIpc) is 3.53. The lowest BCUT2D eigenvalue weighted by Crippen LogP contribution is -2.55. The molecular weight excluding hydrogens is 522 g/mol. The zero-order valence-corrected chi connectivity index (χ0v) is 23.5. The number of fused-ring (bicyclic) bond motifs is 1. The van der Waals surface area contributed by atoms with Crippen LogP contribution in [0.15, 0.2) is 59.5 Å². The van der Waals surface area contributed by atoms with Gasteiger partial charge >= 0.3 is 6.09 Å². The van der Waals surface area contributed by atoms with Crippen LogP contribution in [0.1, 0.15) is 25.8 Å². The highest BCUT2D eigenvalue weighted by Crippen LogP contribution is 2.33. The number of hydrogen-bond donors (Lipinski definition) is 2. The fraction of sp³-hybridized carbons (Fsp3) is 0.536. The van der Waals surface area contributed by atoms with E-state index in [4.69, 9.17) is 24.7 Å². The first-order chi connectivity index (χ1) is 18.7. The minimum Gasteiger partial charge on any atom is -0.497 e. The van der Waals surface area contributed by atoms with Gasteiger partial charge in [0.2, 0.25) is 10.0 Å². The lowest BCUT2D eigenvalue weighted by Gasteiger charge is -2.31. The van der Waals surface area contributed by atoms with Gasteiger partial charge in [0.25, 0.3) is 0 Å². The number of amides is 1. The average molecular weight is 562 g/mol. The lowest BCUT2D eigenvalue weighted by atomic mass is 9.99. The Morgan fingerprint density at radius 3 is 2.49 bits per heavy atom. The molecule has 0 unspecified atom stereocenters. The third kappa shape index (κ3) is 7.49. The Morgan fingerprint density at radius 1 is 1.10 bits per heavy atom. The van der Waals surface area contributed by atoms with Crippen molar-refractivity contribution in [2.75, 3.05) is 33.4 Å². The van der Waals surface area contributed by atoms with Crippen molar-refractivity contribution in [3.05, 3.63) is 60.2 Å². The molecule has 2 heterocycles. The van der Waals surface area contributed by atoms with E-state index in [1.807, 2.05) is 44.2 Å². The summed E-state index contributed by atoms with van der Waals surface area (Å²) in [6, 6.07) is 14.6. The molecule has 3 N–H and O–H groups in total. The van der Waals surface area contributed by atoms with Crippen LogP contribution >= 0.6 is 0 Å². The largest absolute Gasteiger partial charge is 0.497 e. The molecule has 5 atom stereocenters. The van der Waals surface area contributed by atoms with E-state index in [1.165, 1.54) is 23.5 Å². The first-order valence-electron chi connectivity index (χ1n) is 13.3. The summed E-state index contributed by atoms with van der Waals surface area (Å²) in [5, 5.41) is 2.92. The van der Waals surface area contributed by atoms with Crippen molar-refractivity contribution in [3.63, 3.8) is 0 Å². The predicted octanol–water partition coefficient (Wildman–Crippen LogP) is 2.77. The molecule has 2 aliphatic rings. The normalized spacial score (nSPS) is 22.5. The highest BCUT2D eigenvalue weighted by atomic mass is 32.2. The van der Waals surface area contributed by atoms with Gasteiger partial charge < -0.3 is 30.0 Å². The van der Waals surface area contributed by atoms with Crippen LogP contribution in [0.3, 0.4) is 0 Å². The molecule has 0 aromatic heterocycles. The van der Waals surface area contributed by atoms with E-state index in [1.54, 1.807) is 12.1 Å². The van der Waals surface area contributed by atoms with Gasteiger partial charge in [-0.25, -0.2) is 13.2 Å². The molecule has 0 saturated carbocycles. The second-order valence-corrected chi connectivity index (χ2v) is 12.4. The third-order valence-electron chi connectivity index (χ3n) is 7.04. The lowest BCUT2D eigenvalue weighted by molar-refractivity contribution is -0.0907. The molecule has 2 saturated heterocycles. The number of alkyl carbamates (subject to hydrolysis) is 1. The molecule has 214 valence electrons. The molecule has 4 rings (SSSR count). The Balaban J connectivity index is 1.51. The summed E-state index contributed by atoms with van der Waals surface area (Å²) >= 11 is 0. The van der Waals surface area contributed by atoms with Gasteiger partial charge in [0.15, 0.2) is 6.29 Å². The number of nitrogens with one attached hydrogen (secondary N) is 1. The van der Waals surface area contributed by atoms with Crippen LogP contribution in [0.2, 0.25) is 0 Å². The number of carbonyl (C=O) groups is 1. The number of carbonyl (C=O) groups excluding carboxylic acids is 1. The van der Waals surface area contributed by atoms with Crippen molar-refractivity contribution in [2.45, 2.75) is 56.1 Å². The van der Waals surface area contributed by atoms with E-state index in [0.29, 0.717) is 18.8 Å². The SMILES string of the molecule is COc1ccc(S(=O)(=O)N(CC(C)C)C[C@@H](N)[C@H](Cc2ccccc2)NC(=O)O[C@H]2CO[C@H]3OCC[C@H]32)cc1. The fourth-order valence-corrected chi connectivity index (χ4v) is 6.63. The van der Waals surface area contributed by atoms with Crippen molar-refractivity contribution in [3.8, 4) is 5.75 Å². The molecule has 2 aromatic carbocycles. The number of rotatable bonds is 12. The summed E-state index contributed by atoms with van der Waals surface area (Å²) in [4.78, 5) is 13.2. The van der Waals surface area contributed by atoms with Gasteiger partial charge in [0.1, 0.15) is 11.9 Å². The zero-order valence-electron chi connectivity index (χ0n) is 22.7. The van der Waals surface area contributed by atoms with Crippen LogP contribution in [0.5, 0.6) is 5.75 Å². The molecule has 0 spiro atoms. The highest BCUT2D eigenvalue weighted by molar-refractivity contribution is 7.89. The van der Waals surface area contributed by atoms with Crippen LogP contribution < -0.4 is 15.8 Å². The van der Waals surface area contributed by atoms with E-state index in [0.717, 1.165) is 12.0 Å². The molecule has 0 radical (unpaired) electrons. The minimum atomic E-state index is -3.86. The van der Waals surface area contributed by atoms with Gasteiger partial charge in [0.05, 0.1) is 37.2 Å². The Labute approximate surface area is 230 Å². The Bertz CT molecular complexity index is 1180. The van der Waals surface area contributed by atoms with Crippen LogP contribution in [0.4, 0.5) is 4.79 Å². The van der Waals surface area contributed by atoms with E-state index in [2.05, 4.69) is 5.32 Å². The maximum absolute atomic E-state index is 13.6. The summed E-state index contributed by atoms with van der Waals surface area (Å²) in [5.74, 6) is 0.627. The van der Waals surface area contributed by atoms with Crippen LogP contribution in [-0.4, -0.2) is 76.7 Å². The van der Waals surface area contributed by atoms with Gasteiger partial charge in [-0.15, -0.1) is 0 Å². The van der Waals surface area contributed by atoms with Crippen LogP contribution in [0, 0.1) is 11.8 Å². The molecule has 2 aromatic rings. The molecule has 0 bridgehead atoms. The summed E-state index contributed by atoms with van der Waals surface area (Å²) in [5.41, 5.74) is 7.62. The fourth-order valence-electron chi connectivity index (χ4n) is 4.99. The quantitative estimate of drug-likeness (QED) is 0.405. The van der Waals surface area contributed by atoms with Gasteiger partial charge in [-0.3, -0.25) is 0 Å². The number of methoxy groups -OCH3 is 1. The number of ether oxygens (including phenoxy) is 4. The molecular formula is C28H39N3O7S. The molecule has 1 amide bonds. The van der Waals surface area contributed by atoms with E-state index >= 15 is 0 Å². The van der Waals surface area contributed by atoms with Crippen molar-refractivity contribution >= 4 is 16.1 Å². The molecule has 0 aliphatic carbocycles. The summed E-state index contributed by atoms with van der Waals surface area (Å²) in [7, 11) is -2.33. The van der Waals surface area contributed by atoms with Gasteiger partial charge in [-0.2, -0.15) is 4.31 Å². The Hall–Kier alpha value is -2.70. The Morgan fingerprint density at radius 2 is 1.82 bits per heavy atom. The van der Waals surface area contributed by atoms with Gasteiger partial charge in [0, 0.05) is 19.1 Å². The monoisotopic (exact) mass is 561 g/mol. The summed E-state index contributed by atoms with van der Waals surface area (Å²) < 4.78 is 50.7. The minimum absolute atomic E-state index is 0.00756. The highest BCUT2D eigenvalue weighted by Gasteiger charge is 2.44. The summed E-state index contributed by atoms with van der Waals surface area (Å²) in [6.07, 6.45) is -0.174. The molecule has 39 heavy (non-hydrogen) atoms. The van der Waals surface area contributed by atoms with Gasteiger partial charge in [-0.1, -0.05) is 44.2 Å². The number of hydrogen-bond acceptors (Lipinski definition) is 8. The van der Waals surface area contributed by atoms with E-state index < -0.39 is 34.3 Å². The molecule has 11 heteroatoms. The molecule has 2 fully saturated rings. The number of benzene rings is 2. The second kappa shape index (κ2) is 13.1. The van der Waals surface area contributed by atoms with Crippen molar-refractivity contribution in [1.82, 2.24) is 9.62 Å². The number of nitrogens with two attached hydrogens (primary N) is 1. The Kier molecular flexibility index (Phi) is 9.84. The maximum Gasteiger partial charge on any atom is 0.407 e. The van der Waals surface area contributed by atoms with Crippen molar-refractivity contribution < 1.29 is 32.2 Å². The first-order valence-corrected chi connectivity index (χ1v) is 14.8. The summed E-state index contributed by atoms with van der Waals surface area (Å²) in [6.45, 7) is 5.03. The number of nitrogens with zero attached hydrogens (tertiary/aromatic N) is 1. The maximum atomic E-state index is 13.6. The van der Waals surface area contributed by atoms with Crippen molar-refractivity contribution in [1.29, 1.82) is 0 Å². The van der Waals surface area contributed by atoms with Crippen LogP contribution in [-0.2, 0) is 30.7 Å². The van der Waals surface area contributed by atoms with Crippen LogP contribution in [0.25, 0.3) is 0 Å². The van der Waals surface area contributed by atoms with Gasteiger partial charge in [-0.05, 0) is 48.6 Å². The zero-order chi connectivity index (χ0) is 28.0. The molecule has 10 nitrogen and oxygen atoms in total. The third-order valence-corrected chi connectivity index (χ3v) is 8.89. The smallest absolute Gasteiger partial charge is 0.407 e. The first kappa shape index (κ1) is 29.3. The topological polar surface area (TPSA) is 129 Å². The van der Waals surface area contributed by atoms with E-state index in [9.17, 15) is 13.2 Å². The van der Waals surface area contributed by atoms with E-state index in [-0.39, 0.29) is 42.7 Å². The van der Waals surface area contributed by atoms with Crippen molar-refractivity contribution in [2.24, 2.45) is 17.6 Å². The number of sulfonamides is 1.